The quantitative estimate of drug-likeness (QED) is 0.230. The second kappa shape index (κ2) is 11.7. The minimum absolute atomic E-state index is 0.0851. The fraction of sp³-hybridized carbons (Fsp3) is 0.552. The van der Waals surface area contributed by atoms with Gasteiger partial charge in [-0.15, -0.1) is 0 Å². The molecule has 0 saturated heterocycles. The number of carbonyl (C=O) groups excluding carboxylic acids is 2. The van der Waals surface area contributed by atoms with Crippen molar-refractivity contribution in [3.63, 3.8) is 0 Å². The molecule has 38 heavy (non-hydrogen) atoms. The van der Waals surface area contributed by atoms with E-state index in [0.717, 1.165) is 55.0 Å². The lowest BCUT2D eigenvalue weighted by molar-refractivity contribution is -0.125. The Balaban J connectivity index is 1.33. The summed E-state index contributed by atoms with van der Waals surface area (Å²) in [6, 6.07) is 6.21. The monoisotopic (exact) mass is 521 g/mol. The minimum Gasteiger partial charge on any atom is -0.390 e. The summed E-state index contributed by atoms with van der Waals surface area (Å²) in [4.78, 5) is 37.1. The molecule has 2 aliphatic rings. The van der Waals surface area contributed by atoms with Gasteiger partial charge in [-0.25, -0.2) is 4.98 Å². The van der Waals surface area contributed by atoms with Crippen molar-refractivity contribution >= 4 is 22.7 Å². The van der Waals surface area contributed by atoms with Crippen LogP contribution in [0.3, 0.4) is 0 Å². The van der Waals surface area contributed by atoms with Crippen molar-refractivity contribution in [1.29, 1.82) is 0 Å². The van der Waals surface area contributed by atoms with Gasteiger partial charge >= 0.3 is 0 Å². The summed E-state index contributed by atoms with van der Waals surface area (Å²) in [5.41, 5.74) is 3.02. The van der Waals surface area contributed by atoms with Gasteiger partial charge in [0.25, 0.3) is 5.91 Å². The lowest BCUT2D eigenvalue weighted by Gasteiger charge is -2.33. The van der Waals surface area contributed by atoms with Crippen LogP contribution in [0.2, 0.25) is 0 Å². The fourth-order valence-corrected chi connectivity index (χ4v) is 5.74. The number of aliphatic hydroxyl groups is 2. The van der Waals surface area contributed by atoms with Crippen LogP contribution in [0.5, 0.6) is 0 Å². The van der Waals surface area contributed by atoms with Gasteiger partial charge in [-0.2, -0.15) is 0 Å². The summed E-state index contributed by atoms with van der Waals surface area (Å²) in [6.45, 7) is 2.00. The van der Waals surface area contributed by atoms with E-state index in [2.05, 4.69) is 25.6 Å². The van der Waals surface area contributed by atoms with Gasteiger partial charge in [0.2, 0.25) is 5.91 Å². The first-order valence-electron chi connectivity index (χ1n) is 13.9. The van der Waals surface area contributed by atoms with Crippen molar-refractivity contribution in [3.8, 4) is 0 Å². The molecule has 9 nitrogen and oxygen atoms in total. The number of hydrogen-bond acceptors (Lipinski definition) is 5. The van der Waals surface area contributed by atoms with Crippen molar-refractivity contribution < 1.29 is 19.8 Å². The van der Waals surface area contributed by atoms with Gasteiger partial charge in [-0.3, -0.25) is 9.59 Å². The summed E-state index contributed by atoms with van der Waals surface area (Å²) in [5, 5.41) is 28.6. The number of aryl methyl sites for hydroxylation is 1. The van der Waals surface area contributed by atoms with E-state index in [1.165, 1.54) is 12.7 Å². The molecule has 6 N–H and O–H groups in total. The minimum atomic E-state index is -1.05. The summed E-state index contributed by atoms with van der Waals surface area (Å²) >= 11 is 0. The molecule has 2 aliphatic carbocycles. The van der Waals surface area contributed by atoms with Crippen LogP contribution < -0.4 is 10.6 Å². The Morgan fingerprint density at radius 2 is 1.87 bits per heavy atom. The first-order chi connectivity index (χ1) is 18.4. The maximum absolute atomic E-state index is 13.7. The Kier molecular flexibility index (Phi) is 8.14. The number of benzene rings is 1. The molecule has 9 heteroatoms. The second-order valence-electron chi connectivity index (χ2n) is 11.3. The molecule has 2 saturated carbocycles. The maximum Gasteiger partial charge on any atom is 0.268 e. The zero-order chi connectivity index (χ0) is 26.6. The lowest BCUT2D eigenvalue weighted by Crippen LogP contribution is -2.56. The van der Waals surface area contributed by atoms with Gasteiger partial charge in [-0.05, 0) is 56.2 Å². The molecule has 3 aromatic rings. The van der Waals surface area contributed by atoms with E-state index in [9.17, 15) is 19.8 Å². The van der Waals surface area contributed by atoms with E-state index in [1.54, 1.807) is 12.3 Å². The van der Waals surface area contributed by atoms with Crippen molar-refractivity contribution in [2.24, 2.45) is 11.8 Å². The fourth-order valence-electron chi connectivity index (χ4n) is 5.74. The molecule has 1 aromatic carbocycles. The number of aliphatic hydroxyl groups excluding tert-OH is 2. The standard InChI is InChI=1S/C29H39N5O4/c1-17-7-10-22-20(11-17)13-24(32-22)28(37)34-25(14-21-15-30-16-31-21)29(38)33-23(12-18-5-3-2-4-6-18)27(36)26(35)19-8-9-19/h7,10-11,13,15-16,18-19,23,25-27,32,35-36H,2-6,8-9,12,14H2,1H3,(H,30,31)(H,33,38)(H,34,37)/t23-,25-,26-,27+/m0/s1. The molecule has 0 unspecified atom stereocenters. The largest absolute Gasteiger partial charge is 0.390 e. The van der Waals surface area contributed by atoms with Crippen LogP contribution in [0.1, 0.15) is 73.1 Å². The Bertz CT molecular complexity index is 1230. The summed E-state index contributed by atoms with van der Waals surface area (Å²) in [6.07, 6.45) is 9.51. The van der Waals surface area contributed by atoms with E-state index in [1.807, 2.05) is 25.1 Å². The number of imidazole rings is 1. The number of amides is 2. The highest BCUT2D eigenvalue weighted by Gasteiger charge is 2.40. The van der Waals surface area contributed by atoms with Gasteiger partial charge in [0, 0.05) is 29.2 Å². The molecular weight excluding hydrogens is 482 g/mol. The predicted octanol–water partition coefficient (Wildman–Crippen LogP) is 3.13. The van der Waals surface area contributed by atoms with Crippen LogP contribution >= 0.6 is 0 Å². The number of hydrogen-bond donors (Lipinski definition) is 6. The molecule has 5 rings (SSSR count). The van der Waals surface area contributed by atoms with E-state index < -0.39 is 24.3 Å². The smallest absolute Gasteiger partial charge is 0.268 e. The van der Waals surface area contributed by atoms with E-state index >= 15 is 0 Å². The summed E-state index contributed by atoms with van der Waals surface area (Å²) < 4.78 is 0. The van der Waals surface area contributed by atoms with Crippen LogP contribution in [0, 0.1) is 18.8 Å². The number of nitrogens with one attached hydrogen (secondary N) is 4. The zero-order valence-electron chi connectivity index (χ0n) is 22.0. The van der Waals surface area contributed by atoms with E-state index in [-0.39, 0.29) is 24.2 Å². The number of nitrogens with zero attached hydrogens (tertiary/aromatic N) is 1. The van der Waals surface area contributed by atoms with Gasteiger partial charge in [0.1, 0.15) is 17.8 Å². The molecule has 204 valence electrons. The molecule has 2 heterocycles. The van der Waals surface area contributed by atoms with Crippen molar-refractivity contribution in [2.45, 2.75) is 89.0 Å². The Morgan fingerprint density at radius 3 is 2.58 bits per heavy atom. The first-order valence-corrected chi connectivity index (χ1v) is 13.9. The molecule has 0 aliphatic heterocycles. The third-order valence-electron chi connectivity index (χ3n) is 8.13. The average Bonchev–Trinajstić information content (AvgIpc) is 3.47. The average molecular weight is 522 g/mol. The Hall–Kier alpha value is -3.17. The molecule has 2 amide bonds. The number of rotatable bonds is 11. The highest BCUT2D eigenvalue weighted by Crippen LogP contribution is 2.36. The second-order valence-corrected chi connectivity index (χ2v) is 11.3. The Morgan fingerprint density at radius 1 is 1.08 bits per heavy atom. The summed E-state index contributed by atoms with van der Waals surface area (Å²) in [5.74, 6) is -0.295. The van der Waals surface area contributed by atoms with Crippen LogP contribution in [0.4, 0.5) is 0 Å². The van der Waals surface area contributed by atoms with Crippen molar-refractivity contribution in [2.75, 3.05) is 0 Å². The normalized spacial score (nSPS) is 19.6. The lowest BCUT2D eigenvalue weighted by atomic mass is 9.82. The van der Waals surface area contributed by atoms with Crippen LogP contribution in [-0.2, 0) is 11.2 Å². The third kappa shape index (κ3) is 6.45. The molecule has 0 radical (unpaired) electrons. The van der Waals surface area contributed by atoms with Crippen molar-refractivity contribution in [3.05, 3.63) is 53.7 Å². The predicted molar refractivity (Wildman–Crippen MR) is 144 cm³/mol. The van der Waals surface area contributed by atoms with Crippen LogP contribution in [0.25, 0.3) is 10.9 Å². The number of H-pyrrole nitrogens is 2. The number of carbonyl (C=O) groups is 2. The molecule has 2 aromatic heterocycles. The molecular formula is C29H39N5O4. The topological polar surface area (TPSA) is 143 Å². The van der Waals surface area contributed by atoms with Gasteiger partial charge in [-0.1, -0.05) is 43.7 Å². The van der Waals surface area contributed by atoms with Gasteiger partial charge < -0.3 is 30.8 Å². The number of aromatic nitrogens is 3. The van der Waals surface area contributed by atoms with Gasteiger partial charge in [0.05, 0.1) is 18.5 Å². The first kappa shape index (κ1) is 26.4. The van der Waals surface area contributed by atoms with Crippen LogP contribution in [-0.4, -0.2) is 61.3 Å². The molecule has 0 spiro atoms. The zero-order valence-corrected chi connectivity index (χ0v) is 22.0. The highest BCUT2D eigenvalue weighted by atomic mass is 16.3. The maximum atomic E-state index is 13.7. The highest BCUT2D eigenvalue weighted by molar-refractivity contribution is 6.00. The molecule has 0 bridgehead atoms. The van der Waals surface area contributed by atoms with E-state index in [0.29, 0.717) is 23.7 Å². The molecule has 4 atom stereocenters. The van der Waals surface area contributed by atoms with Crippen molar-refractivity contribution in [1.82, 2.24) is 25.6 Å². The third-order valence-corrected chi connectivity index (χ3v) is 8.13. The number of fused-ring (bicyclic) bond motifs is 1. The van der Waals surface area contributed by atoms with Crippen LogP contribution in [0.15, 0.2) is 36.8 Å². The summed E-state index contributed by atoms with van der Waals surface area (Å²) in [7, 11) is 0. The molecule has 2 fully saturated rings. The Labute approximate surface area is 222 Å². The van der Waals surface area contributed by atoms with E-state index in [4.69, 9.17) is 0 Å². The SMILES string of the molecule is Cc1ccc2[nH]c(C(=O)N[C@@H](Cc3cnc[nH]3)C(=O)N[C@@H](CC3CCCCC3)[C@@H](O)[C@@H](O)C3CC3)cc2c1. The van der Waals surface area contributed by atoms with Gasteiger partial charge in [0.15, 0.2) is 0 Å². The number of aromatic amines is 2.